The van der Waals surface area contributed by atoms with Gasteiger partial charge in [-0.2, -0.15) is 0 Å². The quantitative estimate of drug-likeness (QED) is 0.825. The Morgan fingerprint density at radius 3 is 3.00 bits per heavy atom. The molecule has 0 atom stereocenters. The summed E-state index contributed by atoms with van der Waals surface area (Å²) in [6.07, 6.45) is 4.23. The van der Waals surface area contributed by atoms with Gasteiger partial charge in [-0.3, -0.25) is 9.78 Å². The smallest absolute Gasteiger partial charge is 0.275 e. The van der Waals surface area contributed by atoms with Crippen molar-refractivity contribution in [2.75, 3.05) is 18.2 Å². The van der Waals surface area contributed by atoms with E-state index in [1.54, 1.807) is 12.1 Å². The highest BCUT2D eigenvalue weighted by Crippen LogP contribution is 2.14. The van der Waals surface area contributed by atoms with E-state index in [-0.39, 0.29) is 11.5 Å². The van der Waals surface area contributed by atoms with Crippen LogP contribution >= 0.6 is 0 Å². The van der Waals surface area contributed by atoms with Gasteiger partial charge in [0.25, 0.3) is 5.91 Å². The summed E-state index contributed by atoms with van der Waals surface area (Å²) < 4.78 is 4.95. The largest absolute Gasteiger partial charge is 0.481 e. The third-order valence-electron chi connectivity index (χ3n) is 2.09. The summed E-state index contributed by atoms with van der Waals surface area (Å²) in [5.41, 5.74) is 6.15. The highest BCUT2D eigenvalue weighted by Gasteiger charge is 2.09. The molecule has 0 saturated carbocycles. The number of hydrogen-bond acceptors (Lipinski definition) is 6. The maximum absolute atomic E-state index is 11.8. The molecular weight excluding hydrogens is 234 g/mol. The van der Waals surface area contributed by atoms with Gasteiger partial charge in [-0.25, -0.2) is 9.97 Å². The molecule has 7 nitrogen and oxygen atoms in total. The van der Waals surface area contributed by atoms with Crippen LogP contribution in [0.1, 0.15) is 10.5 Å². The van der Waals surface area contributed by atoms with E-state index in [9.17, 15) is 4.79 Å². The van der Waals surface area contributed by atoms with E-state index in [0.29, 0.717) is 11.6 Å². The van der Waals surface area contributed by atoms with E-state index >= 15 is 0 Å². The summed E-state index contributed by atoms with van der Waals surface area (Å²) in [4.78, 5) is 23.4. The van der Waals surface area contributed by atoms with Gasteiger partial charge < -0.3 is 15.8 Å². The molecule has 7 heteroatoms. The van der Waals surface area contributed by atoms with Gasteiger partial charge in [-0.05, 0) is 6.07 Å². The zero-order chi connectivity index (χ0) is 13.0. The molecule has 0 aliphatic heterocycles. The van der Waals surface area contributed by atoms with E-state index in [1.165, 1.54) is 25.7 Å². The zero-order valence-corrected chi connectivity index (χ0v) is 9.62. The molecule has 0 spiro atoms. The Labute approximate surface area is 103 Å². The van der Waals surface area contributed by atoms with E-state index in [1.807, 2.05) is 0 Å². The van der Waals surface area contributed by atoms with Crippen LogP contribution in [-0.2, 0) is 0 Å². The third-order valence-corrected chi connectivity index (χ3v) is 2.09. The Bertz CT molecular complexity index is 573. The molecule has 2 aromatic heterocycles. The number of nitrogens with zero attached hydrogens (tertiary/aromatic N) is 3. The Morgan fingerprint density at radius 2 is 2.28 bits per heavy atom. The van der Waals surface area contributed by atoms with Gasteiger partial charge >= 0.3 is 0 Å². The van der Waals surface area contributed by atoms with Crippen molar-refractivity contribution in [3.8, 4) is 5.88 Å². The first kappa shape index (κ1) is 11.8. The molecule has 0 saturated heterocycles. The average molecular weight is 245 g/mol. The number of carbonyl (C=O) groups excluding carboxylic acids is 1. The normalized spacial score (nSPS) is 9.83. The summed E-state index contributed by atoms with van der Waals surface area (Å²) in [6.45, 7) is 0. The molecule has 2 rings (SSSR count). The minimum atomic E-state index is -0.400. The number of amides is 1. The number of nitrogens with one attached hydrogen (secondary N) is 1. The summed E-state index contributed by atoms with van der Waals surface area (Å²) >= 11 is 0. The second-order valence-corrected chi connectivity index (χ2v) is 3.37. The summed E-state index contributed by atoms with van der Waals surface area (Å²) in [7, 11) is 1.50. The van der Waals surface area contributed by atoms with Crippen LogP contribution in [0.3, 0.4) is 0 Å². The van der Waals surface area contributed by atoms with Gasteiger partial charge in [0, 0.05) is 18.0 Å². The van der Waals surface area contributed by atoms with Crippen molar-refractivity contribution in [2.45, 2.75) is 0 Å². The molecule has 0 aliphatic carbocycles. The van der Waals surface area contributed by atoms with Crippen molar-refractivity contribution >= 4 is 17.4 Å². The van der Waals surface area contributed by atoms with Crippen molar-refractivity contribution < 1.29 is 9.53 Å². The lowest BCUT2D eigenvalue weighted by Crippen LogP contribution is -2.14. The Hall–Kier alpha value is -2.70. The zero-order valence-electron chi connectivity index (χ0n) is 9.62. The Kier molecular flexibility index (Phi) is 3.33. The van der Waals surface area contributed by atoms with Gasteiger partial charge in [0.2, 0.25) is 5.88 Å². The molecule has 1 amide bonds. The van der Waals surface area contributed by atoms with Crippen LogP contribution < -0.4 is 15.8 Å². The highest BCUT2D eigenvalue weighted by molar-refractivity contribution is 6.02. The van der Waals surface area contributed by atoms with E-state index in [4.69, 9.17) is 10.5 Å². The molecule has 2 heterocycles. The lowest BCUT2D eigenvalue weighted by molar-refractivity contribution is 0.102. The van der Waals surface area contributed by atoms with Crippen LogP contribution in [-0.4, -0.2) is 28.0 Å². The number of nitrogens with two attached hydrogens (primary N) is 1. The molecule has 0 aliphatic rings. The van der Waals surface area contributed by atoms with Gasteiger partial charge in [0.1, 0.15) is 11.5 Å². The minimum Gasteiger partial charge on any atom is -0.481 e. The number of methoxy groups -OCH3 is 1. The predicted molar refractivity (Wildman–Crippen MR) is 65.2 cm³/mol. The predicted octanol–water partition coefficient (Wildman–Crippen LogP) is 0.715. The molecular formula is C11H11N5O2. The fraction of sp³-hybridized carbons (Fsp3) is 0.0909. The maximum Gasteiger partial charge on any atom is 0.275 e. The standard InChI is InChI=1S/C11H11N5O2/c1-18-10-4-7(2-3-14-10)15-11(17)8-5-13-6-9(12)16-8/h2-6H,1H3,(H2,12,16)(H,14,15,17). The van der Waals surface area contributed by atoms with Crippen LogP contribution in [0.5, 0.6) is 5.88 Å². The summed E-state index contributed by atoms with van der Waals surface area (Å²) in [5.74, 6) is 0.199. The fourth-order valence-electron chi connectivity index (χ4n) is 1.28. The molecule has 0 fully saturated rings. The number of anilines is 2. The maximum atomic E-state index is 11.8. The number of carbonyl (C=O) groups is 1. The molecule has 0 aromatic carbocycles. The highest BCUT2D eigenvalue weighted by atomic mass is 16.5. The SMILES string of the molecule is COc1cc(NC(=O)c2cncc(N)n2)ccn1. The van der Waals surface area contributed by atoms with Crippen LogP contribution in [0.15, 0.2) is 30.7 Å². The van der Waals surface area contributed by atoms with Crippen LogP contribution in [0, 0.1) is 0 Å². The Balaban J connectivity index is 2.16. The molecule has 0 bridgehead atoms. The lowest BCUT2D eigenvalue weighted by Gasteiger charge is -2.05. The molecule has 2 aromatic rings. The number of pyridine rings is 1. The first-order valence-electron chi connectivity index (χ1n) is 5.08. The lowest BCUT2D eigenvalue weighted by atomic mass is 10.3. The molecule has 92 valence electrons. The van der Waals surface area contributed by atoms with Crippen molar-refractivity contribution in [1.29, 1.82) is 0 Å². The summed E-state index contributed by atoms with van der Waals surface area (Å²) in [5, 5.41) is 2.64. The van der Waals surface area contributed by atoms with Crippen molar-refractivity contribution in [3.63, 3.8) is 0 Å². The van der Waals surface area contributed by atoms with E-state index in [2.05, 4.69) is 20.3 Å². The second-order valence-electron chi connectivity index (χ2n) is 3.37. The average Bonchev–Trinajstić information content (AvgIpc) is 2.39. The molecule has 18 heavy (non-hydrogen) atoms. The molecule has 0 unspecified atom stereocenters. The van der Waals surface area contributed by atoms with Crippen molar-refractivity contribution in [3.05, 3.63) is 36.4 Å². The summed E-state index contributed by atoms with van der Waals surface area (Å²) in [6, 6.07) is 3.23. The number of ether oxygens (including phenoxy) is 1. The first-order valence-corrected chi connectivity index (χ1v) is 5.08. The van der Waals surface area contributed by atoms with Crippen LogP contribution in [0.2, 0.25) is 0 Å². The monoisotopic (exact) mass is 245 g/mol. The number of aromatic nitrogens is 3. The number of hydrogen-bond donors (Lipinski definition) is 2. The van der Waals surface area contributed by atoms with E-state index in [0.717, 1.165) is 0 Å². The number of nitrogen functional groups attached to an aromatic ring is 1. The second kappa shape index (κ2) is 5.09. The molecule has 0 radical (unpaired) electrons. The topological polar surface area (TPSA) is 103 Å². The van der Waals surface area contributed by atoms with Gasteiger partial charge in [-0.1, -0.05) is 0 Å². The molecule has 3 N–H and O–H groups in total. The first-order chi connectivity index (χ1) is 8.69. The number of rotatable bonds is 3. The van der Waals surface area contributed by atoms with Gasteiger partial charge in [0.05, 0.1) is 19.5 Å². The van der Waals surface area contributed by atoms with Crippen molar-refractivity contribution in [2.24, 2.45) is 0 Å². The van der Waals surface area contributed by atoms with E-state index < -0.39 is 5.91 Å². The van der Waals surface area contributed by atoms with Crippen molar-refractivity contribution in [1.82, 2.24) is 15.0 Å². The Morgan fingerprint density at radius 1 is 1.44 bits per heavy atom. The van der Waals surface area contributed by atoms with Crippen LogP contribution in [0.25, 0.3) is 0 Å². The van der Waals surface area contributed by atoms with Gasteiger partial charge in [0.15, 0.2) is 0 Å². The fourth-order valence-corrected chi connectivity index (χ4v) is 1.28. The van der Waals surface area contributed by atoms with Crippen LogP contribution in [0.4, 0.5) is 11.5 Å². The van der Waals surface area contributed by atoms with Gasteiger partial charge in [-0.15, -0.1) is 0 Å². The minimum absolute atomic E-state index is 0.144. The third kappa shape index (κ3) is 2.70.